The van der Waals surface area contributed by atoms with E-state index in [0.717, 1.165) is 25.8 Å². The maximum atomic E-state index is 12.6. The molecule has 1 aliphatic heterocycles. The summed E-state index contributed by atoms with van der Waals surface area (Å²) in [7, 11) is 1.68. The Kier molecular flexibility index (Phi) is 6.72. The highest BCUT2D eigenvalue weighted by Crippen LogP contribution is 2.30. The summed E-state index contributed by atoms with van der Waals surface area (Å²) in [5, 5.41) is 3.04. The molecule has 2 rings (SSSR count). The number of benzene rings is 1. The molecule has 0 aromatic heterocycles. The van der Waals surface area contributed by atoms with Crippen molar-refractivity contribution in [1.29, 1.82) is 0 Å². The molecule has 0 unspecified atom stereocenters. The van der Waals surface area contributed by atoms with Crippen molar-refractivity contribution in [2.24, 2.45) is 0 Å². The molecule has 1 fully saturated rings. The lowest BCUT2D eigenvalue weighted by atomic mass is 9.99. The van der Waals surface area contributed by atoms with Crippen LogP contribution in [0.1, 0.15) is 49.3 Å². The van der Waals surface area contributed by atoms with Gasteiger partial charge >= 0.3 is 6.03 Å². The van der Waals surface area contributed by atoms with Gasteiger partial charge in [-0.3, -0.25) is 0 Å². The summed E-state index contributed by atoms with van der Waals surface area (Å²) in [6, 6.07) is 8.81. The minimum Gasteiger partial charge on any atom is -0.385 e. The zero-order chi connectivity index (χ0) is 15.8. The van der Waals surface area contributed by atoms with E-state index in [2.05, 4.69) is 36.5 Å². The third-order valence-corrected chi connectivity index (χ3v) is 4.24. The second-order valence-electron chi connectivity index (χ2n) is 6.05. The largest absolute Gasteiger partial charge is 0.385 e. The van der Waals surface area contributed by atoms with Crippen molar-refractivity contribution in [1.82, 2.24) is 10.2 Å². The van der Waals surface area contributed by atoms with Gasteiger partial charge in [0.05, 0.1) is 6.04 Å². The summed E-state index contributed by atoms with van der Waals surface area (Å²) >= 11 is 0. The molecule has 22 heavy (non-hydrogen) atoms. The number of carbonyl (C=O) groups excluding carboxylic acids is 1. The third-order valence-electron chi connectivity index (χ3n) is 4.24. The first kappa shape index (κ1) is 16.8. The summed E-state index contributed by atoms with van der Waals surface area (Å²) < 4.78 is 5.03. The fraction of sp³-hybridized carbons (Fsp3) is 0.611. The van der Waals surface area contributed by atoms with Crippen LogP contribution in [0.4, 0.5) is 4.79 Å². The number of amides is 2. The van der Waals surface area contributed by atoms with E-state index in [0.29, 0.717) is 13.2 Å². The number of ether oxygens (including phenoxy) is 1. The van der Waals surface area contributed by atoms with Gasteiger partial charge in [-0.2, -0.15) is 0 Å². The summed E-state index contributed by atoms with van der Waals surface area (Å²) in [6.07, 6.45) is 5.38. The van der Waals surface area contributed by atoms with Crippen molar-refractivity contribution in [2.45, 2.75) is 45.1 Å². The number of aryl methyl sites for hydroxylation is 1. The molecule has 1 aliphatic rings. The van der Waals surface area contributed by atoms with Gasteiger partial charge in [0.1, 0.15) is 0 Å². The van der Waals surface area contributed by atoms with E-state index in [1.807, 2.05) is 4.90 Å². The average molecular weight is 304 g/mol. The maximum absolute atomic E-state index is 12.6. The Balaban J connectivity index is 2.05. The number of nitrogens with one attached hydrogen (secondary N) is 1. The molecule has 4 nitrogen and oxygen atoms in total. The van der Waals surface area contributed by atoms with Gasteiger partial charge in [0.15, 0.2) is 0 Å². The lowest BCUT2D eigenvalue weighted by molar-refractivity contribution is 0.170. The molecule has 122 valence electrons. The molecule has 0 radical (unpaired) electrons. The number of hydrogen-bond acceptors (Lipinski definition) is 2. The van der Waals surface area contributed by atoms with Gasteiger partial charge in [-0.05, 0) is 31.7 Å². The average Bonchev–Trinajstić information content (AvgIpc) is 2.77. The second kappa shape index (κ2) is 8.79. The molecule has 2 amide bonds. The van der Waals surface area contributed by atoms with E-state index in [1.54, 1.807) is 7.11 Å². The first-order chi connectivity index (χ1) is 10.7. The first-order valence-electron chi connectivity index (χ1n) is 8.32. The minimum absolute atomic E-state index is 0.0597. The van der Waals surface area contributed by atoms with Crippen molar-refractivity contribution in [2.75, 3.05) is 26.8 Å². The number of hydrogen-bond donors (Lipinski definition) is 1. The van der Waals surface area contributed by atoms with Gasteiger partial charge in [0.25, 0.3) is 0 Å². The molecule has 1 heterocycles. The van der Waals surface area contributed by atoms with Gasteiger partial charge < -0.3 is 15.0 Å². The summed E-state index contributed by atoms with van der Waals surface area (Å²) in [4.78, 5) is 14.6. The molecule has 1 N–H and O–H groups in total. The molecule has 0 saturated carbocycles. The predicted octanol–water partition coefficient (Wildman–Crippen LogP) is 3.66. The van der Waals surface area contributed by atoms with Crippen LogP contribution in [0, 0.1) is 6.92 Å². The molecular formula is C18H28N2O2. The first-order valence-corrected chi connectivity index (χ1v) is 8.32. The van der Waals surface area contributed by atoms with E-state index in [9.17, 15) is 4.79 Å². The number of urea groups is 1. The smallest absolute Gasteiger partial charge is 0.317 e. The topological polar surface area (TPSA) is 41.6 Å². The van der Waals surface area contributed by atoms with E-state index in [1.165, 1.54) is 24.0 Å². The van der Waals surface area contributed by atoms with Crippen molar-refractivity contribution in [3.63, 3.8) is 0 Å². The highest BCUT2D eigenvalue weighted by Gasteiger charge is 2.26. The monoisotopic (exact) mass is 304 g/mol. The summed E-state index contributed by atoms with van der Waals surface area (Å²) in [6.45, 7) is 4.30. The molecule has 1 atom stereocenters. The quantitative estimate of drug-likeness (QED) is 0.844. The van der Waals surface area contributed by atoms with Gasteiger partial charge in [-0.1, -0.05) is 42.7 Å². The summed E-state index contributed by atoms with van der Waals surface area (Å²) in [5.74, 6) is 0. The lowest BCUT2D eigenvalue weighted by Gasteiger charge is -2.30. The molecule has 0 bridgehead atoms. The number of rotatable bonds is 5. The van der Waals surface area contributed by atoms with E-state index < -0.39 is 0 Å². The van der Waals surface area contributed by atoms with Crippen LogP contribution in [0.3, 0.4) is 0 Å². The third kappa shape index (κ3) is 4.73. The highest BCUT2D eigenvalue weighted by atomic mass is 16.5. The van der Waals surface area contributed by atoms with Gasteiger partial charge in [-0.25, -0.2) is 4.79 Å². The lowest BCUT2D eigenvalue weighted by Crippen LogP contribution is -2.42. The van der Waals surface area contributed by atoms with Gasteiger partial charge in [-0.15, -0.1) is 0 Å². The van der Waals surface area contributed by atoms with E-state index >= 15 is 0 Å². The molecule has 0 spiro atoms. The minimum atomic E-state index is 0.0597. The number of nitrogens with zero attached hydrogens (tertiary/aromatic N) is 1. The van der Waals surface area contributed by atoms with Crippen LogP contribution in [0.5, 0.6) is 0 Å². The number of likely N-dealkylation sites (tertiary alicyclic amines) is 1. The predicted molar refractivity (Wildman–Crippen MR) is 89.0 cm³/mol. The molecule has 0 aliphatic carbocycles. The number of methoxy groups -OCH3 is 1. The zero-order valence-electron chi connectivity index (χ0n) is 13.8. The highest BCUT2D eigenvalue weighted by molar-refractivity contribution is 5.74. The molecule has 4 heteroatoms. The van der Waals surface area contributed by atoms with Crippen molar-refractivity contribution in [3.8, 4) is 0 Å². The SMILES string of the molecule is COCCCNC(=O)N1CCCCC[C@@H]1c1cccc(C)c1. The Morgan fingerprint density at radius 2 is 2.23 bits per heavy atom. The fourth-order valence-corrected chi connectivity index (χ4v) is 3.09. The van der Waals surface area contributed by atoms with Crippen LogP contribution < -0.4 is 5.32 Å². The van der Waals surface area contributed by atoms with Crippen molar-refractivity contribution < 1.29 is 9.53 Å². The Bertz CT molecular complexity index is 476. The Labute approximate surface area is 133 Å². The maximum Gasteiger partial charge on any atom is 0.317 e. The zero-order valence-corrected chi connectivity index (χ0v) is 13.8. The number of carbonyl (C=O) groups is 1. The Hall–Kier alpha value is -1.55. The van der Waals surface area contributed by atoms with Crippen LogP contribution in [-0.2, 0) is 4.74 Å². The van der Waals surface area contributed by atoms with Crippen LogP contribution in [0.25, 0.3) is 0 Å². The fourth-order valence-electron chi connectivity index (χ4n) is 3.09. The summed E-state index contributed by atoms with van der Waals surface area (Å²) in [5.41, 5.74) is 2.51. The molecule has 1 aromatic carbocycles. The van der Waals surface area contributed by atoms with Crippen LogP contribution in [0.2, 0.25) is 0 Å². The van der Waals surface area contributed by atoms with Crippen molar-refractivity contribution in [3.05, 3.63) is 35.4 Å². The Morgan fingerprint density at radius 1 is 1.36 bits per heavy atom. The van der Waals surface area contributed by atoms with Crippen LogP contribution in [0.15, 0.2) is 24.3 Å². The van der Waals surface area contributed by atoms with Gasteiger partial charge in [0, 0.05) is 26.8 Å². The molecule has 1 saturated heterocycles. The molecular weight excluding hydrogens is 276 g/mol. The molecule has 1 aromatic rings. The second-order valence-corrected chi connectivity index (χ2v) is 6.05. The Morgan fingerprint density at radius 3 is 3.00 bits per heavy atom. The van der Waals surface area contributed by atoms with E-state index in [-0.39, 0.29) is 12.1 Å². The van der Waals surface area contributed by atoms with Gasteiger partial charge in [0.2, 0.25) is 0 Å². The normalized spacial score (nSPS) is 18.8. The standard InChI is InChI=1S/C18H28N2O2/c1-15-8-6-9-16(14-15)17-10-4-3-5-12-20(17)18(21)19-11-7-13-22-2/h6,8-9,14,17H,3-5,7,10-13H2,1-2H3,(H,19,21)/t17-/m1/s1. The van der Waals surface area contributed by atoms with Crippen molar-refractivity contribution >= 4 is 6.03 Å². The van der Waals surface area contributed by atoms with Crippen LogP contribution >= 0.6 is 0 Å². The van der Waals surface area contributed by atoms with E-state index in [4.69, 9.17) is 4.74 Å². The van der Waals surface area contributed by atoms with Crippen LogP contribution in [-0.4, -0.2) is 37.7 Å².